The van der Waals surface area contributed by atoms with E-state index in [4.69, 9.17) is 4.74 Å². The molecule has 1 aliphatic carbocycles. The Kier molecular flexibility index (Phi) is 7.67. The second-order valence-corrected chi connectivity index (χ2v) is 9.61. The molecule has 0 aromatic carbocycles. The van der Waals surface area contributed by atoms with Crippen molar-refractivity contribution >= 4 is 11.8 Å². The number of carbonyl (C=O) groups excluding carboxylic acids is 2. The zero-order chi connectivity index (χ0) is 24.9. The molecule has 3 heterocycles. The van der Waals surface area contributed by atoms with Crippen molar-refractivity contribution in [3.05, 3.63) is 53.5 Å². The zero-order valence-electron chi connectivity index (χ0n) is 20.5. The topological polar surface area (TPSA) is 95.9 Å². The van der Waals surface area contributed by atoms with E-state index in [1.165, 1.54) is 0 Å². The van der Waals surface area contributed by atoms with E-state index < -0.39 is 0 Å². The number of ether oxygens (including phenoxy) is 1. The third kappa shape index (κ3) is 6.17. The fourth-order valence-electron chi connectivity index (χ4n) is 4.07. The molecule has 0 spiro atoms. The van der Waals surface area contributed by atoms with E-state index in [9.17, 15) is 14.7 Å². The van der Waals surface area contributed by atoms with Crippen LogP contribution >= 0.6 is 0 Å². The minimum Gasteiger partial charge on any atom is -0.472 e. The molecule has 1 aliphatic heterocycles. The third-order valence-electron chi connectivity index (χ3n) is 6.57. The van der Waals surface area contributed by atoms with E-state index in [1.807, 2.05) is 26.0 Å². The lowest BCUT2D eigenvalue weighted by Crippen LogP contribution is -2.50. The van der Waals surface area contributed by atoms with Gasteiger partial charge in [-0.05, 0) is 43.9 Å². The maximum Gasteiger partial charge on any atom is 0.259 e. The summed E-state index contributed by atoms with van der Waals surface area (Å²) in [5, 5.41) is 9.82. The molecule has 0 bridgehead atoms. The molecule has 8 nitrogen and oxygen atoms in total. The van der Waals surface area contributed by atoms with E-state index in [-0.39, 0.29) is 42.4 Å². The number of aliphatic hydroxyl groups excluding tert-OH is 1. The van der Waals surface area contributed by atoms with Crippen LogP contribution in [0.4, 0.5) is 0 Å². The number of hydrogen-bond acceptors (Lipinski definition) is 6. The third-order valence-corrected chi connectivity index (χ3v) is 6.57. The maximum atomic E-state index is 13.5. The Balaban J connectivity index is 1.63. The van der Waals surface area contributed by atoms with Gasteiger partial charge in [0.15, 0.2) is 0 Å². The number of likely N-dealkylation sites (N-methyl/N-ethyl adjacent to an activating group) is 1. The molecule has 3 atom stereocenters. The van der Waals surface area contributed by atoms with Crippen LogP contribution in [0.5, 0.6) is 5.88 Å². The lowest BCUT2D eigenvalue weighted by molar-refractivity contribution is -0.131. The maximum absolute atomic E-state index is 13.5. The minimum absolute atomic E-state index is 0.0795. The van der Waals surface area contributed by atoms with Gasteiger partial charge in [0.1, 0.15) is 11.7 Å². The molecule has 2 aromatic rings. The van der Waals surface area contributed by atoms with Gasteiger partial charge in [0.25, 0.3) is 5.91 Å². The summed E-state index contributed by atoms with van der Waals surface area (Å²) in [5.41, 5.74) is 1.63. The molecule has 4 rings (SSSR count). The molecule has 0 unspecified atom stereocenters. The highest BCUT2D eigenvalue weighted by Gasteiger charge is 2.35. The summed E-state index contributed by atoms with van der Waals surface area (Å²) in [4.78, 5) is 38.0. The average Bonchev–Trinajstić information content (AvgIpc) is 3.69. The summed E-state index contributed by atoms with van der Waals surface area (Å²) in [6.45, 7) is 4.43. The van der Waals surface area contributed by atoms with Crippen LogP contribution < -0.4 is 4.74 Å². The Morgan fingerprint density at radius 3 is 2.77 bits per heavy atom. The molecule has 1 saturated carbocycles. The Labute approximate surface area is 206 Å². The van der Waals surface area contributed by atoms with Crippen molar-refractivity contribution in [3.8, 4) is 17.7 Å². The van der Waals surface area contributed by atoms with Gasteiger partial charge in [-0.1, -0.05) is 18.8 Å². The van der Waals surface area contributed by atoms with Crippen molar-refractivity contribution in [2.75, 3.05) is 26.7 Å². The van der Waals surface area contributed by atoms with Gasteiger partial charge < -0.3 is 19.6 Å². The largest absolute Gasteiger partial charge is 0.472 e. The van der Waals surface area contributed by atoms with Gasteiger partial charge >= 0.3 is 0 Å². The first-order valence-corrected chi connectivity index (χ1v) is 12.1. The molecule has 2 aromatic heterocycles. The molecule has 0 saturated heterocycles. The van der Waals surface area contributed by atoms with Gasteiger partial charge in [0.05, 0.1) is 19.2 Å². The van der Waals surface area contributed by atoms with Gasteiger partial charge in [-0.3, -0.25) is 14.6 Å². The van der Waals surface area contributed by atoms with Crippen LogP contribution in [0.2, 0.25) is 0 Å². The van der Waals surface area contributed by atoms with Crippen LogP contribution in [0.15, 0.2) is 36.8 Å². The first-order chi connectivity index (χ1) is 16.9. The zero-order valence-corrected chi connectivity index (χ0v) is 20.5. The van der Waals surface area contributed by atoms with E-state index in [2.05, 4.69) is 21.8 Å². The van der Waals surface area contributed by atoms with Gasteiger partial charge in [-0.25, -0.2) is 4.98 Å². The second kappa shape index (κ2) is 10.9. The van der Waals surface area contributed by atoms with Crippen molar-refractivity contribution in [2.45, 2.75) is 45.3 Å². The fraction of sp³-hybridized carbons (Fsp3) is 0.481. The number of carbonyl (C=O) groups is 2. The van der Waals surface area contributed by atoms with Crippen molar-refractivity contribution in [3.63, 3.8) is 0 Å². The standard InChI is InChI=1S/C27H32N4O4/c1-18-15-31(19(2)17-32)27(34)23-11-22(9-8-21-5-4-10-28-13-21)14-29-26(23)35-24(18)16-30(3)25(33)12-20-6-7-20/h4-5,10-11,13-14,18-20,24,32H,6-7,12,15-17H2,1-3H3/t18-,19+,24-/m0/s1. The summed E-state index contributed by atoms with van der Waals surface area (Å²) in [5.74, 6) is 6.56. The van der Waals surface area contributed by atoms with E-state index in [0.29, 0.717) is 36.6 Å². The number of aromatic nitrogens is 2. The summed E-state index contributed by atoms with van der Waals surface area (Å²) >= 11 is 0. The Morgan fingerprint density at radius 1 is 1.31 bits per heavy atom. The number of pyridine rings is 2. The highest BCUT2D eigenvalue weighted by atomic mass is 16.5. The predicted octanol–water partition coefficient (Wildman–Crippen LogP) is 2.35. The lowest BCUT2D eigenvalue weighted by Gasteiger charge is -2.37. The number of aliphatic hydroxyl groups is 1. The number of hydrogen-bond donors (Lipinski definition) is 1. The summed E-state index contributed by atoms with van der Waals surface area (Å²) in [6, 6.07) is 4.96. The van der Waals surface area contributed by atoms with Crippen LogP contribution in [0, 0.1) is 23.7 Å². The first-order valence-electron chi connectivity index (χ1n) is 12.1. The van der Waals surface area contributed by atoms with E-state index in [1.54, 1.807) is 41.5 Å². The second-order valence-electron chi connectivity index (χ2n) is 9.61. The Hall–Kier alpha value is -3.44. The van der Waals surface area contributed by atoms with Crippen LogP contribution in [-0.2, 0) is 4.79 Å². The Morgan fingerprint density at radius 2 is 2.09 bits per heavy atom. The van der Waals surface area contributed by atoms with Crippen molar-refractivity contribution < 1.29 is 19.4 Å². The Bertz CT molecular complexity index is 1120. The average molecular weight is 477 g/mol. The molecular weight excluding hydrogens is 444 g/mol. The van der Waals surface area contributed by atoms with Crippen molar-refractivity contribution in [1.82, 2.24) is 19.8 Å². The van der Waals surface area contributed by atoms with Crippen molar-refractivity contribution in [1.29, 1.82) is 0 Å². The molecule has 2 aliphatic rings. The summed E-state index contributed by atoms with van der Waals surface area (Å²) < 4.78 is 6.27. The lowest BCUT2D eigenvalue weighted by atomic mass is 9.99. The fourth-order valence-corrected chi connectivity index (χ4v) is 4.07. The number of amides is 2. The van der Waals surface area contributed by atoms with Gasteiger partial charge in [0, 0.05) is 55.6 Å². The minimum atomic E-state index is -0.379. The highest BCUT2D eigenvalue weighted by molar-refractivity contribution is 5.97. The number of fused-ring (bicyclic) bond motifs is 1. The van der Waals surface area contributed by atoms with Crippen LogP contribution in [0.1, 0.15) is 54.6 Å². The van der Waals surface area contributed by atoms with E-state index >= 15 is 0 Å². The number of rotatable bonds is 6. The van der Waals surface area contributed by atoms with Crippen LogP contribution in [-0.4, -0.2) is 75.6 Å². The molecule has 1 N–H and O–H groups in total. The first kappa shape index (κ1) is 24.7. The SMILES string of the molecule is C[C@H](CO)N1C[C@H](C)[C@H](CN(C)C(=O)CC2CC2)Oc2ncc(C#Cc3cccnc3)cc2C1=O. The van der Waals surface area contributed by atoms with Crippen molar-refractivity contribution in [2.24, 2.45) is 11.8 Å². The molecule has 184 valence electrons. The van der Waals surface area contributed by atoms with Gasteiger partial charge in [-0.15, -0.1) is 0 Å². The van der Waals surface area contributed by atoms with E-state index in [0.717, 1.165) is 18.4 Å². The normalized spacial score (nSPS) is 20.5. The quantitative estimate of drug-likeness (QED) is 0.643. The molecule has 35 heavy (non-hydrogen) atoms. The molecule has 0 radical (unpaired) electrons. The number of nitrogens with zero attached hydrogens (tertiary/aromatic N) is 4. The predicted molar refractivity (Wildman–Crippen MR) is 131 cm³/mol. The van der Waals surface area contributed by atoms with Crippen LogP contribution in [0.25, 0.3) is 0 Å². The molecule has 2 amide bonds. The molecule has 1 fully saturated rings. The summed E-state index contributed by atoms with van der Waals surface area (Å²) in [6.07, 6.45) is 7.38. The van der Waals surface area contributed by atoms with Gasteiger partial charge in [0.2, 0.25) is 11.8 Å². The van der Waals surface area contributed by atoms with Gasteiger partial charge in [-0.2, -0.15) is 0 Å². The molecule has 8 heteroatoms. The smallest absolute Gasteiger partial charge is 0.259 e. The molecular formula is C27H32N4O4. The highest BCUT2D eigenvalue weighted by Crippen LogP contribution is 2.33. The monoisotopic (exact) mass is 476 g/mol. The van der Waals surface area contributed by atoms with Crippen LogP contribution in [0.3, 0.4) is 0 Å². The summed E-state index contributed by atoms with van der Waals surface area (Å²) in [7, 11) is 1.80.